The lowest BCUT2D eigenvalue weighted by Crippen LogP contribution is -1.93. The minimum atomic E-state index is 0.651. The van der Waals surface area contributed by atoms with E-state index in [2.05, 4.69) is 109 Å². The molecule has 2 heteroatoms. The second kappa shape index (κ2) is 9.31. The number of hydrogen-bond donors (Lipinski definition) is 0. The first-order valence-electron chi connectivity index (χ1n) is 14.0. The van der Waals surface area contributed by atoms with E-state index in [1.54, 1.807) is 0 Å². The minimum absolute atomic E-state index is 0.651. The number of fused-ring (bicyclic) bond motifs is 1. The maximum absolute atomic E-state index is 9.43. The van der Waals surface area contributed by atoms with Crippen LogP contribution < -0.4 is 0 Å². The third kappa shape index (κ3) is 3.57. The van der Waals surface area contributed by atoms with E-state index in [4.69, 9.17) is 0 Å². The normalized spacial score (nSPS) is 11.3. The molecule has 0 radical (unpaired) electrons. The lowest BCUT2D eigenvalue weighted by molar-refractivity contribution is 1.48. The molecule has 0 bridgehead atoms. The van der Waals surface area contributed by atoms with Gasteiger partial charge in [-0.05, 0) is 107 Å². The average molecular weight is 531 g/mol. The van der Waals surface area contributed by atoms with Crippen LogP contribution in [0.2, 0.25) is 0 Å². The van der Waals surface area contributed by atoms with Crippen LogP contribution in [0.5, 0.6) is 0 Å². The molecule has 8 aromatic carbocycles. The monoisotopic (exact) mass is 530 g/mol. The zero-order valence-corrected chi connectivity index (χ0v) is 22.6. The van der Waals surface area contributed by atoms with Crippen LogP contribution >= 0.6 is 0 Å². The second-order valence-electron chi connectivity index (χ2n) is 10.7. The maximum atomic E-state index is 9.43. The van der Waals surface area contributed by atoms with Gasteiger partial charge in [-0.2, -0.15) is 10.5 Å². The molecule has 0 saturated carbocycles. The summed E-state index contributed by atoms with van der Waals surface area (Å²) >= 11 is 0. The summed E-state index contributed by atoms with van der Waals surface area (Å²) in [5.41, 5.74) is 8.17. The Labute approximate surface area is 243 Å². The van der Waals surface area contributed by atoms with Gasteiger partial charge in [0.25, 0.3) is 0 Å². The van der Waals surface area contributed by atoms with Crippen LogP contribution in [-0.4, -0.2) is 0 Å². The van der Waals surface area contributed by atoms with Crippen LogP contribution in [0.4, 0.5) is 0 Å². The Morgan fingerprint density at radius 2 is 0.929 bits per heavy atom. The van der Waals surface area contributed by atoms with Gasteiger partial charge in [0.2, 0.25) is 0 Å². The Bertz CT molecular complexity index is 2400. The van der Waals surface area contributed by atoms with Crippen molar-refractivity contribution in [2.45, 2.75) is 0 Å². The fourth-order valence-electron chi connectivity index (χ4n) is 6.52. The van der Waals surface area contributed by atoms with E-state index in [0.29, 0.717) is 11.1 Å². The summed E-state index contributed by atoms with van der Waals surface area (Å²) in [5.74, 6) is 0. The molecule has 0 aliphatic carbocycles. The zero-order valence-electron chi connectivity index (χ0n) is 22.6. The van der Waals surface area contributed by atoms with Gasteiger partial charge in [0.1, 0.15) is 0 Å². The quantitative estimate of drug-likeness (QED) is 0.213. The van der Waals surface area contributed by atoms with E-state index in [1.165, 1.54) is 54.2 Å². The molecule has 0 N–H and O–H groups in total. The summed E-state index contributed by atoms with van der Waals surface area (Å²) in [5, 5.41) is 28.5. The molecule has 0 atom stereocenters. The van der Waals surface area contributed by atoms with Crippen molar-refractivity contribution in [3.8, 4) is 45.5 Å². The van der Waals surface area contributed by atoms with E-state index < -0.39 is 0 Å². The molecule has 0 saturated heterocycles. The Kier molecular flexibility index (Phi) is 5.29. The largest absolute Gasteiger partial charge is 0.192 e. The molecule has 0 aliphatic rings. The topological polar surface area (TPSA) is 47.6 Å². The highest BCUT2D eigenvalue weighted by Crippen LogP contribution is 2.46. The molecular weight excluding hydrogens is 508 g/mol. The first-order chi connectivity index (χ1) is 20.7. The Morgan fingerprint density at radius 1 is 0.357 bits per heavy atom. The average Bonchev–Trinajstić information content (AvgIpc) is 3.06. The van der Waals surface area contributed by atoms with Gasteiger partial charge >= 0.3 is 0 Å². The van der Waals surface area contributed by atoms with Gasteiger partial charge in [0.15, 0.2) is 0 Å². The van der Waals surface area contributed by atoms with Crippen LogP contribution in [0.15, 0.2) is 133 Å². The Hall–Kier alpha value is -5.96. The predicted molar refractivity (Wildman–Crippen MR) is 173 cm³/mol. The highest BCUT2D eigenvalue weighted by Gasteiger charge is 2.19. The van der Waals surface area contributed by atoms with Crippen molar-refractivity contribution in [2.24, 2.45) is 0 Å². The van der Waals surface area contributed by atoms with Crippen LogP contribution in [0.25, 0.3) is 76.5 Å². The van der Waals surface area contributed by atoms with Crippen molar-refractivity contribution >= 4 is 43.1 Å². The van der Waals surface area contributed by atoms with Gasteiger partial charge < -0.3 is 0 Å². The molecule has 0 fully saturated rings. The molecule has 0 aliphatic heterocycles. The first kappa shape index (κ1) is 23.9. The molecule has 0 heterocycles. The van der Waals surface area contributed by atoms with E-state index in [-0.39, 0.29) is 0 Å². The molecule has 2 nitrogen and oxygen atoms in total. The summed E-state index contributed by atoms with van der Waals surface area (Å²) in [4.78, 5) is 0. The van der Waals surface area contributed by atoms with Gasteiger partial charge in [0.05, 0.1) is 23.3 Å². The van der Waals surface area contributed by atoms with Gasteiger partial charge in [-0.3, -0.25) is 0 Å². The number of rotatable bonds is 3. The van der Waals surface area contributed by atoms with Crippen molar-refractivity contribution in [3.63, 3.8) is 0 Å². The second-order valence-corrected chi connectivity index (χ2v) is 10.7. The van der Waals surface area contributed by atoms with Crippen molar-refractivity contribution in [3.05, 3.63) is 145 Å². The lowest BCUT2D eigenvalue weighted by atomic mass is 9.83. The fraction of sp³-hybridized carbons (Fsp3) is 0. The fourth-order valence-corrected chi connectivity index (χ4v) is 6.52. The molecule has 192 valence electrons. The Balaban J connectivity index is 1.52. The molecule has 8 aromatic rings. The van der Waals surface area contributed by atoms with Crippen LogP contribution in [0.3, 0.4) is 0 Å². The lowest BCUT2D eigenvalue weighted by Gasteiger charge is -2.20. The summed E-state index contributed by atoms with van der Waals surface area (Å²) < 4.78 is 0. The smallest absolute Gasteiger partial charge is 0.0991 e. The number of hydrogen-bond acceptors (Lipinski definition) is 2. The van der Waals surface area contributed by atoms with Crippen LogP contribution in [0.1, 0.15) is 11.1 Å². The summed E-state index contributed by atoms with van der Waals surface area (Å²) in [6, 6.07) is 51.0. The van der Waals surface area contributed by atoms with Crippen LogP contribution in [-0.2, 0) is 0 Å². The van der Waals surface area contributed by atoms with E-state index in [1.807, 2.05) is 36.4 Å². The van der Waals surface area contributed by atoms with Gasteiger partial charge in [-0.25, -0.2) is 0 Å². The van der Waals surface area contributed by atoms with E-state index in [0.717, 1.165) is 22.3 Å². The third-order valence-electron chi connectivity index (χ3n) is 8.51. The molecule has 42 heavy (non-hydrogen) atoms. The molecular formula is C40H22N2. The third-order valence-corrected chi connectivity index (χ3v) is 8.51. The highest BCUT2D eigenvalue weighted by atomic mass is 14.2. The molecule has 0 amide bonds. The van der Waals surface area contributed by atoms with Crippen LogP contribution in [0, 0.1) is 22.7 Å². The number of nitriles is 2. The molecule has 0 unspecified atom stereocenters. The van der Waals surface area contributed by atoms with E-state index >= 15 is 0 Å². The Morgan fingerprint density at radius 3 is 1.64 bits per heavy atom. The zero-order chi connectivity index (χ0) is 28.2. The number of benzene rings is 8. The molecule has 0 aromatic heterocycles. The van der Waals surface area contributed by atoms with Crippen molar-refractivity contribution in [1.29, 1.82) is 10.5 Å². The molecule has 0 spiro atoms. The molecule has 8 rings (SSSR count). The van der Waals surface area contributed by atoms with Crippen molar-refractivity contribution < 1.29 is 0 Å². The SMILES string of the molecule is N#Cc1ccc(-c2ccc3ccc4c(-c5ccc(C#N)cc5)cc(-c5cccc6ccccc56)c5ccc2c3c45)cc1. The van der Waals surface area contributed by atoms with Crippen molar-refractivity contribution in [2.75, 3.05) is 0 Å². The highest BCUT2D eigenvalue weighted by molar-refractivity contribution is 6.30. The summed E-state index contributed by atoms with van der Waals surface area (Å²) in [6.45, 7) is 0. The summed E-state index contributed by atoms with van der Waals surface area (Å²) in [7, 11) is 0. The van der Waals surface area contributed by atoms with Gasteiger partial charge in [-0.1, -0.05) is 103 Å². The first-order valence-corrected chi connectivity index (χ1v) is 14.0. The standard InChI is InChI=1S/C40H22N2/c41-23-25-8-12-28(13-9-25)32-18-16-30-17-19-35-37(29-14-10-26(24-42)11-15-29)22-38(36-21-20-34(32)39(30)40(35)36)33-7-3-5-27-4-1-2-6-31(27)33/h1-22H. The van der Waals surface area contributed by atoms with E-state index in [9.17, 15) is 10.5 Å². The van der Waals surface area contributed by atoms with Crippen molar-refractivity contribution in [1.82, 2.24) is 0 Å². The summed E-state index contributed by atoms with van der Waals surface area (Å²) in [6.07, 6.45) is 0. The minimum Gasteiger partial charge on any atom is -0.192 e. The number of nitrogens with zero attached hydrogens (tertiary/aromatic N) is 2. The predicted octanol–water partition coefficient (Wildman–Crippen LogP) is 10.5. The maximum Gasteiger partial charge on any atom is 0.0991 e. The van der Waals surface area contributed by atoms with Gasteiger partial charge in [-0.15, -0.1) is 0 Å². The van der Waals surface area contributed by atoms with Gasteiger partial charge in [0, 0.05) is 0 Å².